The fourth-order valence-corrected chi connectivity index (χ4v) is 2.74. The number of thiazole rings is 1. The first-order valence-corrected chi connectivity index (χ1v) is 8.59. The molecule has 0 amide bonds. The second-order valence-electron chi connectivity index (χ2n) is 5.09. The molecule has 5 nitrogen and oxygen atoms in total. The van der Waals surface area contributed by atoms with Crippen LogP contribution in [-0.4, -0.2) is 23.9 Å². The number of anilines is 1. The van der Waals surface area contributed by atoms with Crippen molar-refractivity contribution in [1.82, 2.24) is 4.98 Å². The van der Waals surface area contributed by atoms with Crippen LogP contribution in [0.5, 0.6) is 11.5 Å². The van der Waals surface area contributed by atoms with Crippen molar-refractivity contribution in [2.75, 3.05) is 12.0 Å². The number of rotatable bonds is 7. The van der Waals surface area contributed by atoms with Crippen LogP contribution in [0, 0.1) is 6.92 Å². The molecule has 1 N–H and O–H groups in total. The first kappa shape index (κ1) is 17.6. The second kappa shape index (κ2) is 8.17. The van der Waals surface area contributed by atoms with E-state index >= 15 is 0 Å². The number of hydrogen-bond acceptors (Lipinski definition) is 6. The summed E-state index contributed by atoms with van der Waals surface area (Å²) < 4.78 is 11.4. The highest BCUT2D eigenvalue weighted by atomic mass is 35.5. The first-order chi connectivity index (χ1) is 11.0. The highest BCUT2D eigenvalue weighted by Gasteiger charge is 2.13. The topological polar surface area (TPSA) is 55.7 Å². The molecule has 1 heterocycles. The van der Waals surface area contributed by atoms with Crippen LogP contribution in [-0.2, 0) is 0 Å². The van der Waals surface area contributed by atoms with Crippen molar-refractivity contribution in [1.29, 1.82) is 0 Å². The summed E-state index contributed by atoms with van der Waals surface area (Å²) >= 11 is 7.82. The normalized spacial score (nSPS) is 11.2. The van der Waals surface area contributed by atoms with Crippen LogP contribution >= 0.6 is 22.9 Å². The predicted molar refractivity (Wildman–Crippen MR) is 96.5 cm³/mol. The summed E-state index contributed by atoms with van der Waals surface area (Å²) in [6.45, 7) is 8.28. The predicted octanol–water partition coefficient (Wildman–Crippen LogP) is 4.74. The van der Waals surface area contributed by atoms with Gasteiger partial charge in [-0.25, -0.2) is 4.98 Å². The molecule has 0 bridgehead atoms. The molecule has 1 aromatic heterocycles. The largest absolute Gasteiger partial charge is 0.490 e. The third-order valence-corrected chi connectivity index (χ3v) is 3.82. The molecule has 0 radical (unpaired) electrons. The standard InChI is InChI=1S/C16H20ClN3O2S/c1-5-21-14-7-12(6-13(17)15(14)22-10(2)3)8-18-20-16-19-11(4)9-23-16/h6-10H,5H2,1-4H3,(H,19,20)/b18-8-. The van der Waals surface area contributed by atoms with Crippen LogP contribution < -0.4 is 14.9 Å². The SMILES string of the molecule is CCOc1cc(/C=N\Nc2nc(C)cs2)cc(Cl)c1OC(C)C. The average molecular weight is 354 g/mol. The van der Waals surface area contributed by atoms with Crippen LogP contribution in [0.1, 0.15) is 32.0 Å². The van der Waals surface area contributed by atoms with Crippen LogP contribution in [0.3, 0.4) is 0 Å². The Morgan fingerprint density at radius 1 is 1.43 bits per heavy atom. The van der Waals surface area contributed by atoms with Crippen molar-refractivity contribution in [3.05, 3.63) is 33.8 Å². The average Bonchev–Trinajstić information content (AvgIpc) is 2.88. The Morgan fingerprint density at radius 3 is 2.83 bits per heavy atom. The number of nitrogens with zero attached hydrogens (tertiary/aromatic N) is 2. The van der Waals surface area contributed by atoms with Crippen molar-refractivity contribution in [3.8, 4) is 11.5 Å². The Hall–Kier alpha value is -1.79. The van der Waals surface area contributed by atoms with Gasteiger partial charge in [0.1, 0.15) is 0 Å². The second-order valence-corrected chi connectivity index (χ2v) is 6.36. The Labute approximate surface area is 145 Å². The lowest BCUT2D eigenvalue weighted by molar-refractivity contribution is 0.224. The molecule has 2 aromatic rings. The molecule has 0 unspecified atom stereocenters. The molecular weight excluding hydrogens is 334 g/mol. The number of aromatic nitrogens is 1. The number of ether oxygens (including phenoxy) is 2. The number of aryl methyl sites for hydroxylation is 1. The van der Waals surface area contributed by atoms with E-state index in [1.54, 1.807) is 12.3 Å². The molecule has 0 aliphatic heterocycles. The summed E-state index contributed by atoms with van der Waals surface area (Å²) in [5, 5.41) is 7.38. The summed E-state index contributed by atoms with van der Waals surface area (Å²) in [6, 6.07) is 3.64. The third kappa shape index (κ3) is 5.11. The Morgan fingerprint density at radius 2 is 2.22 bits per heavy atom. The molecule has 124 valence electrons. The lowest BCUT2D eigenvalue weighted by Gasteiger charge is -2.16. The minimum Gasteiger partial charge on any atom is -0.490 e. The molecule has 0 saturated heterocycles. The van der Waals surface area contributed by atoms with E-state index in [0.717, 1.165) is 16.4 Å². The maximum absolute atomic E-state index is 6.32. The van der Waals surface area contributed by atoms with Gasteiger partial charge in [0, 0.05) is 5.38 Å². The molecule has 0 atom stereocenters. The van der Waals surface area contributed by atoms with Gasteiger partial charge in [0.25, 0.3) is 0 Å². The van der Waals surface area contributed by atoms with Crippen molar-refractivity contribution in [2.24, 2.45) is 5.10 Å². The zero-order chi connectivity index (χ0) is 16.8. The molecule has 0 saturated carbocycles. The van der Waals surface area contributed by atoms with Crippen LogP contribution in [0.15, 0.2) is 22.6 Å². The van der Waals surface area contributed by atoms with Gasteiger partial charge in [0.15, 0.2) is 11.5 Å². The van der Waals surface area contributed by atoms with E-state index < -0.39 is 0 Å². The zero-order valence-corrected chi connectivity index (χ0v) is 15.2. The third-order valence-electron chi connectivity index (χ3n) is 2.68. The van der Waals surface area contributed by atoms with E-state index in [2.05, 4.69) is 15.5 Å². The van der Waals surface area contributed by atoms with Gasteiger partial charge in [-0.1, -0.05) is 11.6 Å². The fraction of sp³-hybridized carbons (Fsp3) is 0.375. The number of halogens is 1. The van der Waals surface area contributed by atoms with Gasteiger partial charge in [-0.2, -0.15) is 5.10 Å². The van der Waals surface area contributed by atoms with Gasteiger partial charge >= 0.3 is 0 Å². The van der Waals surface area contributed by atoms with Gasteiger partial charge in [-0.15, -0.1) is 11.3 Å². The van der Waals surface area contributed by atoms with E-state index in [0.29, 0.717) is 23.1 Å². The van der Waals surface area contributed by atoms with Gasteiger partial charge in [-0.3, -0.25) is 5.43 Å². The summed E-state index contributed by atoms with van der Waals surface area (Å²) in [5.41, 5.74) is 4.67. The van der Waals surface area contributed by atoms with Gasteiger partial charge < -0.3 is 9.47 Å². The molecule has 0 aliphatic carbocycles. The first-order valence-electron chi connectivity index (χ1n) is 7.33. The van der Waals surface area contributed by atoms with Crippen molar-refractivity contribution < 1.29 is 9.47 Å². The van der Waals surface area contributed by atoms with Crippen molar-refractivity contribution >= 4 is 34.3 Å². The van der Waals surface area contributed by atoms with E-state index in [-0.39, 0.29) is 6.10 Å². The summed E-state index contributed by atoms with van der Waals surface area (Å²) in [6.07, 6.45) is 1.69. The van der Waals surface area contributed by atoms with Crippen molar-refractivity contribution in [3.63, 3.8) is 0 Å². The van der Waals surface area contributed by atoms with E-state index in [1.807, 2.05) is 39.1 Å². The minimum absolute atomic E-state index is 0.0148. The Balaban J connectivity index is 2.18. The number of nitrogens with one attached hydrogen (secondary N) is 1. The van der Waals surface area contributed by atoms with Gasteiger partial charge in [0.05, 0.1) is 29.6 Å². The minimum atomic E-state index is 0.0148. The molecular formula is C16H20ClN3O2S. The zero-order valence-electron chi connectivity index (χ0n) is 13.6. The number of hydrogen-bond donors (Lipinski definition) is 1. The molecule has 2 rings (SSSR count). The Kier molecular flexibility index (Phi) is 6.24. The molecule has 0 spiro atoms. The summed E-state index contributed by atoms with van der Waals surface area (Å²) in [4.78, 5) is 4.28. The number of hydrazone groups is 1. The maximum Gasteiger partial charge on any atom is 0.203 e. The van der Waals surface area contributed by atoms with E-state index in [9.17, 15) is 0 Å². The molecule has 23 heavy (non-hydrogen) atoms. The molecule has 7 heteroatoms. The van der Waals surface area contributed by atoms with Crippen LogP contribution in [0.25, 0.3) is 0 Å². The highest BCUT2D eigenvalue weighted by Crippen LogP contribution is 2.37. The molecule has 0 aliphatic rings. The smallest absolute Gasteiger partial charge is 0.203 e. The van der Waals surface area contributed by atoms with Gasteiger partial charge in [0.2, 0.25) is 5.13 Å². The quantitative estimate of drug-likeness (QED) is 0.577. The van der Waals surface area contributed by atoms with E-state index in [1.165, 1.54) is 11.3 Å². The van der Waals surface area contributed by atoms with E-state index in [4.69, 9.17) is 21.1 Å². The Bertz CT molecular complexity index is 686. The molecule has 0 fully saturated rings. The monoisotopic (exact) mass is 353 g/mol. The maximum atomic E-state index is 6.32. The summed E-state index contributed by atoms with van der Waals surface area (Å²) in [7, 11) is 0. The fourth-order valence-electron chi connectivity index (χ4n) is 1.84. The number of benzene rings is 1. The highest BCUT2D eigenvalue weighted by molar-refractivity contribution is 7.13. The van der Waals surface area contributed by atoms with Crippen LogP contribution in [0.2, 0.25) is 5.02 Å². The molecule has 1 aromatic carbocycles. The van der Waals surface area contributed by atoms with Crippen LogP contribution in [0.4, 0.5) is 5.13 Å². The lowest BCUT2D eigenvalue weighted by atomic mass is 10.2. The van der Waals surface area contributed by atoms with Crippen molar-refractivity contribution in [2.45, 2.75) is 33.8 Å². The lowest BCUT2D eigenvalue weighted by Crippen LogP contribution is -2.08. The summed E-state index contributed by atoms with van der Waals surface area (Å²) in [5.74, 6) is 1.17. The van der Waals surface area contributed by atoms with Gasteiger partial charge in [-0.05, 0) is 45.4 Å².